The highest BCUT2D eigenvalue weighted by atomic mass is 32.2. The third-order valence-electron chi connectivity index (χ3n) is 2.43. The number of methoxy groups -OCH3 is 1. The van der Waals surface area contributed by atoms with E-state index in [1.54, 1.807) is 7.11 Å². The van der Waals surface area contributed by atoms with Crippen molar-refractivity contribution < 1.29 is 13.2 Å². The predicted octanol–water partition coefficient (Wildman–Crippen LogP) is 2.09. The zero-order valence-electron chi connectivity index (χ0n) is 10.4. The molecule has 1 N–H and O–H groups in total. The summed E-state index contributed by atoms with van der Waals surface area (Å²) in [5.41, 5.74) is 0.842. The smallest absolute Gasteiger partial charge is 0.212 e. The molecule has 1 atom stereocenters. The Balaban J connectivity index is 2.86. The first-order chi connectivity index (χ1) is 8.00. The summed E-state index contributed by atoms with van der Waals surface area (Å²) in [5, 5.41) is 0. The molecule has 1 aromatic carbocycles. The minimum absolute atomic E-state index is 0.145. The third kappa shape index (κ3) is 4.02. The molecule has 0 fully saturated rings. The molecule has 0 heterocycles. The fourth-order valence-electron chi connectivity index (χ4n) is 1.68. The summed E-state index contributed by atoms with van der Waals surface area (Å²) in [7, 11) is -1.63. The van der Waals surface area contributed by atoms with Gasteiger partial charge in [0.2, 0.25) is 10.0 Å². The van der Waals surface area contributed by atoms with Crippen LogP contribution in [-0.2, 0) is 10.0 Å². The minimum atomic E-state index is -3.21. The van der Waals surface area contributed by atoms with Crippen LogP contribution in [0, 0.1) is 0 Å². The van der Waals surface area contributed by atoms with Gasteiger partial charge >= 0.3 is 0 Å². The lowest BCUT2D eigenvalue weighted by Crippen LogP contribution is -2.29. The number of benzene rings is 1. The first-order valence-corrected chi connectivity index (χ1v) is 7.28. The lowest BCUT2D eigenvalue weighted by atomic mass is 10.1. The van der Waals surface area contributed by atoms with Crippen molar-refractivity contribution in [3.8, 4) is 5.75 Å². The van der Waals surface area contributed by atoms with Gasteiger partial charge in [0.05, 0.1) is 12.9 Å². The molecule has 0 radical (unpaired) electrons. The molecule has 0 aliphatic heterocycles. The summed E-state index contributed by atoms with van der Waals surface area (Å²) < 4.78 is 31.2. The molecule has 0 unspecified atom stereocenters. The van der Waals surface area contributed by atoms with Crippen LogP contribution in [0.2, 0.25) is 0 Å². The first-order valence-electron chi connectivity index (χ1n) is 5.63. The zero-order chi connectivity index (χ0) is 12.9. The van der Waals surface area contributed by atoms with Gasteiger partial charge in [-0.3, -0.25) is 0 Å². The molecule has 0 saturated carbocycles. The van der Waals surface area contributed by atoms with E-state index >= 15 is 0 Å². The molecular weight excluding hydrogens is 238 g/mol. The van der Waals surface area contributed by atoms with E-state index in [0.29, 0.717) is 12.2 Å². The fourth-order valence-corrected chi connectivity index (χ4v) is 3.01. The number of sulfonamides is 1. The van der Waals surface area contributed by atoms with Crippen molar-refractivity contribution in [1.82, 2.24) is 4.72 Å². The molecule has 0 amide bonds. The lowest BCUT2D eigenvalue weighted by molar-refractivity contribution is 0.405. The van der Waals surface area contributed by atoms with Gasteiger partial charge in [0, 0.05) is 11.6 Å². The Bertz CT molecular complexity index is 457. The maximum absolute atomic E-state index is 11.7. The van der Waals surface area contributed by atoms with Crippen molar-refractivity contribution >= 4 is 10.0 Å². The number of hydrogen-bond donors (Lipinski definition) is 1. The number of rotatable bonds is 6. The van der Waals surface area contributed by atoms with Gasteiger partial charge in [0.1, 0.15) is 5.75 Å². The predicted molar refractivity (Wildman–Crippen MR) is 68.6 cm³/mol. The number of hydrogen-bond acceptors (Lipinski definition) is 3. The van der Waals surface area contributed by atoms with E-state index in [4.69, 9.17) is 4.74 Å². The van der Waals surface area contributed by atoms with Crippen molar-refractivity contribution in [2.24, 2.45) is 0 Å². The zero-order valence-corrected chi connectivity index (χ0v) is 11.3. The van der Waals surface area contributed by atoms with Gasteiger partial charge in [-0.1, -0.05) is 25.1 Å². The molecule has 4 nitrogen and oxygen atoms in total. The molecule has 96 valence electrons. The summed E-state index contributed by atoms with van der Waals surface area (Å²) in [5.74, 6) is 0.839. The van der Waals surface area contributed by atoms with Crippen molar-refractivity contribution in [3.63, 3.8) is 0 Å². The third-order valence-corrected chi connectivity index (χ3v) is 4.09. The molecule has 0 aromatic heterocycles. The van der Waals surface area contributed by atoms with Gasteiger partial charge in [-0.2, -0.15) is 0 Å². The minimum Gasteiger partial charge on any atom is -0.496 e. The lowest BCUT2D eigenvalue weighted by Gasteiger charge is -2.17. The highest BCUT2D eigenvalue weighted by molar-refractivity contribution is 7.89. The van der Waals surface area contributed by atoms with Crippen LogP contribution in [0.5, 0.6) is 5.75 Å². The number of para-hydroxylation sites is 1. The maximum Gasteiger partial charge on any atom is 0.212 e. The largest absolute Gasteiger partial charge is 0.496 e. The second kappa shape index (κ2) is 6.02. The van der Waals surface area contributed by atoms with Crippen molar-refractivity contribution in [2.75, 3.05) is 12.9 Å². The Labute approximate surface area is 103 Å². The normalized spacial score (nSPS) is 13.4. The molecule has 0 aliphatic carbocycles. The molecular formula is C12H19NO3S. The molecule has 0 saturated heterocycles. The summed E-state index contributed by atoms with van der Waals surface area (Å²) in [6, 6.07) is 7.11. The van der Waals surface area contributed by atoms with Crippen LogP contribution < -0.4 is 9.46 Å². The molecule has 1 aromatic rings. The standard InChI is InChI=1S/C12H19NO3S/c1-4-9-17(14,15)13-10(2)11-7-5-6-8-12(11)16-3/h5-8,10,13H,4,9H2,1-3H3/t10-/m1/s1. The second-order valence-corrected chi connectivity index (χ2v) is 5.77. The number of ether oxygens (including phenoxy) is 1. The van der Waals surface area contributed by atoms with Gasteiger partial charge in [-0.15, -0.1) is 0 Å². The van der Waals surface area contributed by atoms with Gasteiger partial charge < -0.3 is 4.74 Å². The van der Waals surface area contributed by atoms with E-state index in [1.165, 1.54) is 0 Å². The molecule has 0 spiro atoms. The number of nitrogens with one attached hydrogen (secondary N) is 1. The summed E-state index contributed by atoms with van der Waals surface area (Å²) in [6.07, 6.45) is 0.605. The van der Waals surface area contributed by atoms with Crippen LogP contribution in [0.1, 0.15) is 31.9 Å². The van der Waals surface area contributed by atoms with Gasteiger partial charge in [0.15, 0.2) is 0 Å². The summed E-state index contributed by atoms with van der Waals surface area (Å²) >= 11 is 0. The summed E-state index contributed by atoms with van der Waals surface area (Å²) in [6.45, 7) is 3.65. The second-order valence-electron chi connectivity index (χ2n) is 3.90. The Morgan fingerprint density at radius 3 is 2.59 bits per heavy atom. The van der Waals surface area contributed by atoms with E-state index in [-0.39, 0.29) is 11.8 Å². The highest BCUT2D eigenvalue weighted by Crippen LogP contribution is 2.24. The summed E-state index contributed by atoms with van der Waals surface area (Å²) in [4.78, 5) is 0. The fraction of sp³-hybridized carbons (Fsp3) is 0.500. The average molecular weight is 257 g/mol. The van der Waals surface area contributed by atoms with Crippen molar-refractivity contribution in [3.05, 3.63) is 29.8 Å². The van der Waals surface area contributed by atoms with Crippen LogP contribution in [0.25, 0.3) is 0 Å². The Hall–Kier alpha value is -1.07. The van der Waals surface area contributed by atoms with Crippen molar-refractivity contribution in [1.29, 1.82) is 0 Å². The van der Waals surface area contributed by atoms with Crippen LogP contribution in [-0.4, -0.2) is 21.3 Å². The maximum atomic E-state index is 11.7. The van der Waals surface area contributed by atoms with Gasteiger partial charge in [-0.25, -0.2) is 13.1 Å². The van der Waals surface area contributed by atoms with Crippen molar-refractivity contribution in [2.45, 2.75) is 26.3 Å². The molecule has 17 heavy (non-hydrogen) atoms. The van der Waals surface area contributed by atoms with Gasteiger partial charge in [0.25, 0.3) is 0 Å². The Morgan fingerprint density at radius 1 is 1.35 bits per heavy atom. The van der Waals surface area contributed by atoms with E-state index in [9.17, 15) is 8.42 Å². The molecule has 5 heteroatoms. The quantitative estimate of drug-likeness (QED) is 0.849. The van der Waals surface area contributed by atoms with E-state index in [0.717, 1.165) is 5.56 Å². The highest BCUT2D eigenvalue weighted by Gasteiger charge is 2.17. The van der Waals surface area contributed by atoms with Crippen LogP contribution >= 0.6 is 0 Å². The Kier molecular flexibility index (Phi) is 4.96. The SMILES string of the molecule is CCCS(=O)(=O)N[C@H](C)c1ccccc1OC. The van der Waals surface area contributed by atoms with Crippen LogP contribution in [0.3, 0.4) is 0 Å². The topological polar surface area (TPSA) is 55.4 Å². The molecule has 0 bridgehead atoms. The average Bonchev–Trinajstić information content (AvgIpc) is 2.28. The van der Waals surface area contributed by atoms with E-state index < -0.39 is 10.0 Å². The molecule has 1 rings (SSSR count). The monoisotopic (exact) mass is 257 g/mol. The van der Waals surface area contributed by atoms with Crippen LogP contribution in [0.15, 0.2) is 24.3 Å². The van der Waals surface area contributed by atoms with E-state index in [2.05, 4.69) is 4.72 Å². The molecule has 0 aliphatic rings. The first kappa shape index (κ1) is 14.0. The van der Waals surface area contributed by atoms with Gasteiger partial charge in [-0.05, 0) is 19.4 Å². The van der Waals surface area contributed by atoms with Crippen LogP contribution in [0.4, 0.5) is 0 Å². The van der Waals surface area contributed by atoms with E-state index in [1.807, 2.05) is 38.1 Å². The Morgan fingerprint density at radius 2 is 2.00 bits per heavy atom.